The zero-order valence-electron chi connectivity index (χ0n) is 9.51. The molecular weight excluding hydrogens is 222 g/mol. The van der Waals surface area contributed by atoms with E-state index in [0.717, 1.165) is 0 Å². The monoisotopic (exact) mass is 233 g/mol. The van der Waals surface area contributed by atoms with Gasteiger partial charge in [-0.15, -0.1) is 0 Å². The zero-order chi connectivity index (χ0) is 12.4. The Kier molecular flexibility index (Phi) is 2.86. The first-order valence-electron chi connectivity index (χ1n) is 5.12. The summed E-state index contributed by atoms with van der Waals surface area (Å²) in [5.74, 6) is -0.566. The number of ether oxygens (including phenoxy) is 1. The number of aryl methyl sites for hydroxylation is 1. The average Bonchev–Trinajstić information content (AvgIpc) is 2.38. The summed E-state index contributed by atoms with van der Waals surface area (Å²) >= 11 is 0. The molecule has 2 heterocycles. The molecule has 2 rings (SSSR count). The summed E-state index contributed by atoms with van der Waals surface area (Å²) < 4.78 is 5.87. The summed E-state index contributed by atoms with van der Waals surface area (Å²) in [4.78, 5) is 27.4. The van der Waals surface area contributed by atoms with Crippen LogP contribution in [0.1, 0.15) is 17.4 Å². The minimum absolute atomic E-state index is 0.131. The molecule has 0 atom stereocenters. The van der Waals surface area contributed by atoms with Gasteiger partial charge in [-0.1, -0.05) is 0 Å². The molecule has 0 radical (unpaired) electrons. The third-order valence-corrected chi connectivity index (χ3v) is 2.44. The first-order valence-corrected chi connectivity index (χ1v) is 5.12. The maximum absolute atomic E-state index is 11.9. The first kappa shape index (κ1) is 11.3. The third-order valence-electron chi connectivity index (χ3n) is 2.44. The molecule has 0 fully saturated rings. The molecule has 6 nitrogen and oxygen atoms in total. The average molecular weight is 233 g/mol. The maximum atomic E-state index is 11.9. The molecule has 0 aliphatic rings. The van der Waals surface area contributed by atoms with E-state index in [-0.39, 0.29) is 11.3 Å². The lowest BCUT2D eigenvalue weighted by Gasteiger charge is -2.07. The lowest BCUT2D eigenvalue weighted by atomic mass is 10.2. The van der Waals surface area contributed by atoms with E-state index in [1.807, 2.05) is 0 Å². The molecule has 2 aromatic heterocycles. The fourth-order valence-corrected chi connectivity index (χ4v) is 1.59. The highest BCUT2D eigenvalue weighted by Gasteiger charge is 2.16. The molecule has 2 aromatic rings. The first-order chi connectivity index (χ1) is 8.19. The second kappa shape index (κ2) is 4.32. The van der Waals surface area contributed by atoms with Crippen molar-refractivity contribution in [2.45, 2.75) is 13.5 Å². The summed E-state index contributed by atoms with van der Waals surface area (Å²) in [6.45, 7) is 2.16. The van der Waals surface area contributed by atoms with E-state index < -0.39 is 5.97 Å². The van der Waals surface area contributed by atoms with Crippen molar-refractivity contribution < 1.29 is 9.53 Å². The van der Waals surface area contributed by atoms with Gasteiger partial charge >= 0.3 is 5.97 Å². The van der Waals surface area contributed by atoms with E-state index >= 15 is 0 Å². The number of esters is 1. The smallest absolute Gasteiger partial charge is 0.359 e. The van der Waals surface area contributed by atoms with E-state index in [4.69, 9.17) is 0 Å². The number of rotatable bonds is 2. The zero-order valence-corrected chi connectivity index (χ0v) is 9.51. The van der Waals surface area contributed by atoms with Crippen LogP contribution in [0.25, 0.3) is 10.8 Å². The van der Waals surface area contributed by atoms with Crippen molar-refractivity contribution in [3.05, 3.63) is 34.5 Å². The predicted molar refractivity (Wildman–Crippen MR) is 60.8 cm³/mol. The molecule has 6 heteroatoms. The van der Waals surface area contributed by atoms with Crippen molar-refractivity contribution in [1.29, 1.82) is 0 Å². The number of pyridine rings is 1. The van der Waals surface area contributed by atoms with Gasteiger partial charge in [0.05, 0.1) is 12.5 Å². The standard InChI is InChI=1S/C11H11N3O3/c1-3-14-10(15)8-6-12-5-4-7(8)9(13-14)11(16)17-2/h4-6H,3H2,1-2H3. The lowest BCUT2D eigenvalue weighted by Crippen LogP contribution is -2.25. The van der Waals surface area contributed by atoms with Crippen molar-refractivity contribution in [3.8, 4) is 0 Å². The van der Waals surface area contributed by atoms with Gasteiger partial charge in [0.2, 0.25) is 0 Å². The van der Waals surface area contributed by atoms with Gasteiger partial charge in [-0.05, 0) is 13.0 Å². The van der Waals surface area contributed by atoms with Crippen LogP contribution in [-0.2, 0) is 11.3 Å². The Balaban J connectivity index is 2.88. The van der Waals surface area contributed by atoms with Gasteiger partial charge in [0.25, 0.3) is 5.56 Å². The van der Waals surface area contributed by atoms with Gasteiger partial charge in [0, 0.05) is 24.3 Å². The highest BCUT2D eigenvalue weighted by molar-refractivity contribution is 6.01. The number of carbonyl (C=O) groups is 1. The number of aromatic nitrogens is 3. The van der Waals surface area contributed by atoms with Crippen LogP contribution in [0, 0.1) is 0 Å². The Morgan fingerprint density at radius 1 is 1.47 bits per heavy atom. The highest BCUT2D eigenvalue weighted by Crippen LogP contribution is 2.12. The summed E-state index contributed by atoms with van der Waals surface area (Å²) in [6.07, 6.45) is 2.93. The molecular formula is C11H11N3O3. The van der Waals surface area contributed by atoms with Crippen LogP contribution in [0.5, 0.6) is 0 Å². The molecule has 0 spiro atoms. The number of hydrogen-bond acceptors (Lipinski definition) is 5. The van der Waals surface area contributed by atoms with Crippen molar-refractivity contribution in [3.63, 3.8) is 0 Å². The minimum Gasteiger partial charge on any atom is -0.464 e. The number of fused-ring (bicyclic) bond motifs is 1. The minimum atomic E-state index is -0.566. The quantitative estimate of drug-likeness (QED) is 0.710. The van der Waals surface area contributed by atoms with Crippen LogP contribution in [0.2, 0.25) is 0 Å². The Bertz CT molecular complexity index is 633. The second-order valence-electron chi connectivity index (χ2n) is 3.38. The van der Waals surface area contributed by atoms with Crippen molar-refractivity contribution in [2.24, 2.45) is 0 Å². The van der Waals surface area contributed by atoms with Crippen LogP contribution in [0.4, 0.5) is 0 Å². The number of carbonyl (C=O) groups excluding carboxylic acids is 1. The van der Waals surface area contributed by atoms with Gasteiger partial charge in [-0.25, -0.2) is 9.48 Å². The summed E-state index contributed by atoms with van der Waals surface area (Å²) in [5, 5.41) is 4.82. The van der Waals surface area contributed by atoms with E-state index in [2.05, 4.69) is 14.8 Å². The lowest BCUT2D eigenvalue weighted by molar-refractivity contribution is 0.0593. The Hall–Kier alpha value is -2.24. The fraction of sp³-hybridized carbons (Fsp3) is 0.273. The number of methoxy groups -OCH3 is 1. The van der Waals surface area contributed by atoms with Crippen LogP contribution in [-0.4, -0.2) is 27.8 Å². The molecule has 0 N–H and O–H groups in total. The molecule has 0 aliphatic carbocycles. The molecule has 0 saturated heterocycles. The van der Waals surface area contributed by atoms with E-state index in [0.29, 0.717) is 17.3 Å². The van der Waals surface area contributed by atoms with Crippen LogP contribution < -0.4 is 5.56 Å². The van der Waals surface area contributed by atoms with Crippen molar-refractivity contribution in [2.75, 3.05) is 7.11 Å². The van der Waals surface area contributed by atoms with Crippen molar-refractivity contribution >= 4 is 16.7 Å². The SMILES string of the molecule is CCn1nc(C(=O)OC)c2ccncc2c1=O. The van der Waals surface area contributed by atoms with Gasteiger partial charge < -0.3 is 4.74 Å². The van der Waals surface area contributed by atoms with E-state index in [9.17, 15) is 9.59 Å². The van der Waals surface area contributed by atoms with E-state index in [1.54, 1.807) is 13.0 Å². The largest absolute Gasteiger partial charge is 0.464 e. The molecule has 0 amide bonds. The Labute approximate surface area is 96.8 Å². The summed E-state index contributed by atoms with van der Waals surface area (Å²) in [7, 11) is 1.28. The highest BCUT2D eigenvalue weighted by atomic mass is 16.5. The third kappa shape index (κ3) is 1.77. The van der Waals surface area contributed by atoms with Crippen molar-refractivity contribution in [1.82, 2.24) is 14.8 Å². The molecule has 88 valence electrons. The van der Waals surface area contributed by atoms with Gasteiger partial charge in [-0.3, -0.25) is 9.78 Å². The van der Waals surface area contributed by atoms with Gasteiger partial charge in [0.1, 0.15) is 0 Å². The van der Waals surface area contributed by atoms with Crippen LogP contribution >= 0.6 is 0 Å². The topological polar surface area (TPSA) is 74.1 Å². The Morgan fingerprint density at radius 2 is 2.24 bits per heavy atom. The second-order valence-corrected chi connectivity index (χ2v) is 3.38. The fourth-order valence-electron chi connectivity index (χ4n) is 1.59. The Morgan fingerprint density at radius 3 is 2.88 bits per heavy atom. The summed E-state index contributed by atoms with van der Waals surface area (Å²) in [5.41, 5.74) is -0.130. The molecule has 0 bridgehead atoms. The molecule has 0 aromatic carbocycles. The molecule has 0 unspecified atom stereocenters. The number of nitrogens with zero attached hydrogens (tertiary/aromatic N) is 3. The molecule has 17 heavy (non-hydrogen) atoms. The van der Waals surface area contributed by atoms with Gasteiger partial charge in [-0.2, -0.15) is 5.10 Å². The number of hydrogen-bond donors (Lipinski definition) is 0. The van der Waals surface area contributed by atoms with E-state index in [1.165, 1.54) is 24.2 Å². The van der Waals surface area contributed by atoms with Gasteiger partial charge in [0.15, 0.2) is 5.69 Å². The maximum Gasteiger partial charge on any atom is 0.359 e. The molecule has 0 aliphatic heterocycles. The normalized spacial score (nSPS) is 10.5. The van der Waals surface area contributed by atoms with Crippen LogP contribution in [0.3, 0.4) is 0 Å². The van der Waals surface area contributed by atoms with Crippen LogP contribution in [0.15, 0.2) is 23.3 Å². The molecule has 0 saturated carbocycles. The summed E-state index contributed by atoms with van der Waals surface area (Å²) in [6, 6.07) is 1.58. The predicted octanol–water partition coefficient (Wildman–Crippen LogP) is 0.598.